The summed E-state index contributed by atoms with van der Waals surface area (Å²) in [6.45, 7) is 2.54. The highest BCUT2D eigenvalue weighted by Gasteiger charge is 2.13. The van der Waals surface area contributed by atoms with E-state index < -0.39 is 0 Å². The van der Waals surface area contributed by atoms with E-state index in [2.05, 4.69) is 4.98 Å². The quantitative estimate of drug-likeness (QED) is 0.755. The molecule has 0 fully saturated rings. The molecule has 0 amide bonds. The van der Waals surface area contributed by atoms with Gasteiger partial charge in [0.1, 0.15) is 5.75 Å². The third-order valence-electron chi connectivity index (χ3n) is 2.45. The number of aromatic nitrogens is 2. The van der Waals surface area contributed by atoms with Crippen LogP contribution in [0, 0.1) is 0 Å². The van der Waals surface area contributed by atoms with E-state index in [1.807, 2.05) is 6.92 Å². The van der Waals surface area contributed by atoms with E-state index >= 15 is 0 Å². The second kappa shape index (κ2) is 4.82. The van der Waals surface area contributed by atoms with Gasteiger partial charge in [-0.25, -0.2) is 4.98 Å². The molecule has 0 bridgehead atoms. The Morgan fingerprint density at radius 3 is 2.59 bits per heavy atom. The lowest BCUT2D eigenvalue weighted by atomic mass is 10.1. The molecule has 0 saturated heterocycles. The number of carbonyl (C=O) groups is 1. The highest BCUT2D eigenvalue weighted by molar-refractivity contribution is 6.06. The molecule has 0 radical (unpaired) electrons. The van der Waals surface area contributed by atoms with Gasteiger partial charge in [0.2, 0.25) is 5.78 Å². The standard InChI is InChI=1S/C13H14N2O2/c1-3-17-11-6-4-10(5-7-11)12(16)13-14-8-9-15(13)2/h4-9H,3H2,1-2H3. The first-order chi connectivity index (χ1) is 8.22. The lowest BCUT2D eigenvalue weighted by Gasteiger charge is -2.04. The molecule has 0 spiro atoms. The number of hydrogen-bond acceptors (Lipinski definition) is 3. The summed E-state index contributed by atoms with van der Waals surface area (Å²) in [7, 11) is 1.80. The zero-order valence-corrected chi connectivity index (χ0v) is 9.88. The first-order valence-electron chi connectivity index (χ1n) is 5.47. The Labute approximate surface area is 99.9 Å². The fourth-order valence-electron chi connectivity index (χ4n) is 1.58. The maximum absolute atomic E-state index is 12.1. The predicted molar refractivity (Wildman–Crippen MR) is 64.3 cm³/mol. The molecular weight excluding hydrogens is 216 g/mol. The Morgan fingerprint density at radius 1 is 1.35 bits per heavy atom. The van der Waals surface area contributed by atoms with Crippen LogP contribution in [0.2, 0.25) is 0 Å². The van der Waals surface area contributed by atoms with E-state index in [0.29, 0.717) is 18.0 Å². The van der Waals surface area contributed by atoms with Crippen LogP contribution in [0.1, 0.15) is 23.1 Å². The van der Waals surface area contributed by atoms with Gasteiger partial charge in [0.05, 0.1) is 6.61 Å². The van der Waals surface area contributed by atoms with E-state index in [-0.39, 0.29) is 5.78 Å². The maximum Gasteiger partial charge on any atom is 0.228 e. The third kappa shape index (κ3) is 2.36. The fraction of sp³-hybridized carbons (Fsp3) is 0.231. The number of ether oxygens (including phenoxy) is 1. The van der Waals surface area contributed by atoms with E-state index in [1.165, 1.54) is 0 Å². The maximum atomic E-state index is 12.1. The normalized spacial score (nSPS) is 10.2. The molecule has 1 aromatic carbocycles. The lowest BCUT2D eigenvalue weighted by molar-refractivity contribution is 0.102. The van der Waals surface area contributed by atoms with Crippen molar-refractivity contribution in [1.29, 1.82) is 0 Å². The van der Waals surface area contributed by atoms with Crippen LogP contribution in [-0.2, 0) is 7.05 Å². The van der Waals surface area contributed by atoms with Crippen LogP contribution < -0.4 is 4.74 Å². The first-order valence-corrected chi connectivity index (χ1v) is 5.47. The van der Waals surface area contributed by atoms with Crippen LogP contribution in [0.4, 0.5) is 0 Å². The van der Waals surface area contributed by atoms with Crippen molar-refractivity contribution in [3.05, 3.63) is 48.0 Å². The average molecular weight is 230 g/mol. The summed E-state index contributed by atoms with van der Waals surface area (Å²) in [5, 5.41) is 0. The molecule has 17 heavy (non-hydrogen) atoms. The molecule has 0 N–H and O–H groups in total. The zero-order valence-electron chi connectivity index (χ0n) is 9.88. The molecule has 4 heteroatoms. The summed E-state index contributed by atoms with van der Waals surface area (Å²) in [6.07, 6.45) is 3.36. The summed E-state index contributed by atoms with van der Waals surface area (Å²) in [6, 6.07) is 7.09. The minimum absolute atomic E-state index is 0.0828. The van der Waals surface area contributed by atoms with Crippen molar-refractivity contribution in [2.45, 2.75) is 6.92 Å². The molecule has 2 rings (SSSR count). The van der Waals surface area contributed by atoms with Crippen LogP contribution in [0.5, 0.6) is 5.75 Å². The van der Waals surface area contributed by atoms with Crippen LogP contribution in [0.3, 0.4) is 0 Å². The SMILES string of the molecule is CCOc1ccc(C(=O)c2nccn2C)cc1. The van der Waals surface area contributed by atoms with E-state index in [4.69, 9.17) is 4.74 Å². The highest BCUT2D eigenvalue weighted by atomic mass is 16.5. The number of ketones is 1. The largest absolute Gasteiger partial charge is 0.494 e. The van der Waals surface area contributed by atoms with Crippen molar-refractivity contribution in [2.75, 3.05) is 6.61 Å². The summed E-state index contributed by atoms with van der Waals surface area (Å²) in [4.78, 5) is 16.1. The third-order valence-corrected chi connectivity index (χ3v) is 2.45. The second-order valence-electron chi connectivity index (χ2n) is 3.65. The van der Waals surface area contributed by atoms with Gasteiger partial charge in [-0.1, -0.05) is 0 Å². The molecular formula is C13H14N2O2. The van der Waals surface area contributed by atoms with E-state index in [1.54, 1.807) is 48.3 Å². The number of hydrogen-bond donors (Lipinski definition) is 0. The summed E-state index contributed by atoms with van der Waals surface area (Å²) >= 11 is 0. The topological polar surface area (TPSA) is 44.1 Å². The smallest absolute Gasteiger partial charge is 0.228 e. The average Bonchev–Trinajstić information content (AvgIpc) is 2.76. The van der Waals surface area contributed by atoms with E-state index in [0.717, 1.165) is 5.75 Å². The van der Waals surface area contributed by atoms with Gasteiger partial charge in [-0.15, -0.1) is 0 Å². The Hall–Kier alpha value is -2.10. The van der Waals surface area contributed by atoms with Crippen LogP contribution in [0.15, 0.2) is 36.7 Å². The van der Waals surface area contributed by atoms with Gasteiger partial charge in [0.15, 0.2) is 5.82 Å². The lowest BCUT2D eigenvalue weighted by Crippen LogP contribution is -2.08. The summed E-state index contributed by atoms with van der Waals surface area (Å²) in [5.41, 5.74) is 0.614. The fourth-order valence-corrected chi connectivity index (χ4v) is 1.58. The number of aryl methyl sites for hydroxylation is 1. The Bertz CT molecular complexity index is 514. The van der Waals surface area contributed by atoms with Gasteiger partial charge in [0.25, 0.3) is 0 Å². The highest BCUT2D eigenvalue weighted by Crippen LogP contribution is 2.14. The summed E-state index contributed by atoms with van der Waals surface area (Å²) < 4.78 is 7.03. The van der Waals surface area contributed by atoms with Gasteiger partial charge >= 0.3 is 0 Å². The van der Waals surface area contributed by atoms with Crippen molar-refractivity contribution in [3.63, 3.8) is 0 Å². The molecule has 1 aromatic heterocycles. The van der Waals surface area contributed by atoms with Gasteiger partial charge in [-0.2, -0.15) is 0 Å². The van der Waals surface area contributed by atoms with Gasteiger partial charge < -0.3 is 9.30 Å². The Kier molecular flexibility index (Phi) is 3.23. The molecule has 1 heterocycles. The van der Waals surface area contributed by atoms with Crippen molar-refractivity contribution in [1.82, 2.24) is 9.55 Å². The van der Waals surface area contributed by atoms with Gasteiger partial charge in [-0.05, 0) is 31.2 Å². The van der Waals surface area contributed by atoms with Gasteiger partial charge in [0, 0.05) is 25.0 Å². The molecule has 2 aromatic rings. The predicted octanol–water partition coefficient (Wildman–Crippen LogP) is 2.05. The van der Waals surface area contributed by atoms with Crippen molar-refractivity contribution >= 4 is 5.78 Å². The molecule has 88 valence electrons. The van der Waals surface area contributed by atoms with Gasteiger partial charge in [-0.3, -0.25) is 4.79 Å². The molecule has 0 aliphatic heterocycles. The molecule has 4 nitrogen and oxygen atoms in total. The molecule has 0 aliphatic rings. The van der Waals surface area contributed by atoms with Crippen molar-refractivity contribution in [3.8, 4) is 5.75 Å². The second-order valence-corrected chi connectivity index (χ2v) is 3.65. The van der Waals surface area contributed by atoms with Crippen molar-refractivity contribution in [2.24, 2.45) is 7.05 Å². The monoisotopic (exact) mass is 230 g/mol. The number of nitrogens with zero attached hydrogens (tertiary/aromatic N) is 2. The Balaban J connectivity index is 2.23. The first kappa shape index (κ1) is 11.4. The van der Waals surface area contributed by atoms with Crippen LogP contribution >= 0.6 is 0 Å². The minimum Gasteiger partial charge on any atom is -0.494 e. The van der Waals surface area contributed by atoms with Crippen LogP contribution in [0.25, 0.3) is 0 Å². The number of carbonyl (C=O) groups excluding carboxylic acids is 1. The summed E-state index contributed by atoms with van der Waals surface area (Å²) in [5.74, 6) is 1.12. The van der Waals surface area contributed by atoms with Crippen molar-refractivity contribution < 1.29 is 9.53 Å². The number of imidazole rings is 1. The molecule has 0 saturated carbocycles. The molecule has 0 unspecified atom stereocenters. The molecule has 0 atom stereocenters. The van der Waals surface area contributed by atoms with Crippen LogP contribution in [-0.4, -0.2) is 21.9 Å². The number of benzene rings is 1. The number of rotatable bonds is 4. The zero-order chi connectivity index (χ0) is 12.3. The van der Waals surface area contributed by atoms with E-state index in [9.17, 15) is 4.79 Å². The molecule has 0 aliphatic carbocycles. The minimum atomic E-state index is -0.0828. The Morgan fingerprint density at radius 2 is 2.06 bits per heavy atom.